The Labute approximate surface area is 110 Å². The number of carbonyl (C=O) groups is 1. The summed E-state index contributed by atoms with van der Waals surface area (Å²) >= 11 is 0. The van der Waals surface area contributed by atoms with E-state index in [9.17, 15) is 4.79 Å². The van der Waals surface area contributed by atoms with Crippen LogP contribution in [-0.4, -0.2) is 19.6 Å². The van der Waals surface area contributed by atoms with Crippen LogP contribution in [-0.2, 0) is 11.2 Å². The van der Waals surface area contributed by atoms with Crippen LogP contribution in [0.15, 0.2) is 24.3 Å². The lowest BCUT2D eigenvalue weighted by Gasteiger charge is -2.07. The van der Waals surface area contributed by atoms with E-state index < -0.39 is 0 Å². The first-order valence-corrected chi connectivity index (χ1v) is 6.54. The SMILES string of the molecule is COc1ccc(CCCCNC(=O)C(C)C)cc1. The Balaban J connectivity index is 2.15. The lowest BCUT2D eigenvalue weighted by atomic mass is 10.1. The number of benzene rings is 1. The van der Waals surface area contributed by atoms with Crippen molar-refractivity contribution >= 4 is 5.91 Å². The molecule has 0 aromatic heterocycles. The molecule has 0 aliphatic rings. The maximum Gasteiger partial charge on any atom is 0.222 e. The van der Waals surface area contributed by atoms with Gasteiger partial charge in [0, 0.05) is 12.5 Å². The fourth-order valence-electron chi connectivity index (χ4n) is 1.66. The molecule has 0 aliphatic heterocycles. The van der Waals surface area contributed by atoms with E-state index in [-0.39, 0.29) is 11.8 Å². The molecule has 1 N–H and O–H groups in total. The molecule has 3 heteroatoms. The number of methoxy groups -OCH3 is 1. The molecule has 1 amide bonds. The van der Waals surface area contributed by atoms with Gasteiger partial charge in [0.2, 0.25) is 5.91 Å². The highest BCUT2D eigenvalue weighted by Gasteiger charge is 2.04. The molecular weight excluding hydrogens is 226 g/mol. The molecule has 1 aromatic rings. The molecule has 0 atom stereocenters. The Morgan fingerprint density at radius 1 is 1.22 bits per heavy atom. The predicted octanol–water partition coefficient (Wildman–Crippen LogP) is 2.79. The van der Waals surface area contributed by atoms with Crippen LogP contribution in [0.4, 0.5) is 0 Å². The average molecular weight is 249 g/mol. The molecule has 100 valence electrons. The van der Waals surface area contributed by atoms with Crippen molar-refractivity contribution < 1.29 is 9.53 Å². The third-order valence-corrected chi connectivity index (χ3v) is 2.87. The van der Waals surface area contributed by atoms with Crippen LogP contribution in [0.2, 0.25) is 0 Å². The van der Waals surface area contributed by atoms with Crippen LogP contribution in [0.1, 0.15) is 32.3 Å². The smallest absolute Gasteiger partial charge is 0.222 e. The van der Waals surface area contributed by atoms with Gasteiger partial charge in [-0.1, -0.05) is 26.0 Å². The summed E-state index contributed by atoms with van der Waals surface area (Å²) in [6.45, 7) is 4.59. The van der Waals surface area contributed by atoms with Crippen LogP contribution >= 0.6 is 0 Å². The van der Waals surface area contributed by atoms with Gasteiger partial charge in [0.25, 0.3) is 0 Å². The second-order valence-corrected chi connectivity index (χ2v) is 4.75. The van der Waals surface area contributed by atoms with E-state index in [1.807, 2.05) is 26.0 Å². The maximum atomic E-state index is 11.3. The number of nitrogens with one attached hydrogen (secondary N) is 1. The average Bonchev–Trinajstić information content (AvgIpc) is 2.38. The number of carbonyl (C=O) groups excluding carboxylic acids is 1. The number of amides is 1. The van der Waals surface area contributed by atoms with Gasteiger partial charge in [-0.2, -0.15) is 0 Å². The van der Waals surface area contributed by atoms with Gasteiger partial charge in [0.1, 0.15) is 5.75 Å². The fraction of sp³-hybridized carbons (Fsp3) is 0.533. The molecule has 0 heterocycles. The second kappa shape index (κ2) is 7.75. The summed E-state index contributed by atoms with van der Waals surface area (Å²) in [5.74, 6) is 1.11. The zero-order valence-corrected chi connectivity index (χ0v) is 11.5. The maximum absolute atomic E-state index is 11.3. The lowest BCUT2D eigenvalue weighted by Crippen LogP contribution is -2.28. The predicted molar refractivity (Wildman–Crippen MR) is 73.8 cm³/mol. The highest BCUT2D eigenvalue weighted by molar-refractivity contribution is 5.77. The van der Waals surface area contributed by atoms with Crippen LogP contribution in [0, 0.1) is 5.92 Å². The van der Waals surface area contributed by atoms with Crippen LogP contribution in [0.5, 0.6) is 5.75 Å². The minimum atomic E-state index is 0.0755. The van der Waals surface area contributed by atoms with E-state index in [0.717, 1.165) is 31.6 Å². The number of ether oxygens (including phenoxy) is 1. The Bertz CT molecular complexity index is 357. The Morgan fingerprint density at radius 2 is 1.89 bits per heavy atom. The zero-order valence-electron chi connectivity index (χ0n) is 11.5. The number of hydrogen-bond acceptors (Lipinski definition) is 2. The highest BCUT2D eigenvalue weighted by Crippen LogP contribution is 2.12. The normalized spacial score (nSPS) is 10.4. The number of aryl methyl sites for hydroxylation is 1. The van der Waals surface area contributed by atoms with E-state index in [2.05, 4.69) is 17.4 Å². The van der Waals surface area contributed by atoms with Gasteiger partial charge in [-0.15, -0.1) is 0 Å². The quantitative estimate of drug-likeness (QED) is 0.755. The van der Waals surface area contributed by atoms with E-state index in [0.29, 0.717) is 0 Å². The van der Waals surface area contributed by atoms with Gasteiger partial charge in [-0.3, -0.25) is 4.79 Å². The molecule has 0 bridgehead atoms. The molecule has 1 rings (SSSR count). The van der Waals surface area contributed by atoms with Crippen LogP contribution < -0.4 is 10.1 Å². The van der Waals surface area contributed by atoms with Crippen LogP contribution in [0.3, 0.4) is 0 Å². The molecule has 1 aromatic carbocycles. The first-order valence-electron chi connectivity index (χ1n) is 6.54. The third-order valence-electron chi connectivity index (χ3n) is 2.87. The van der Waals surface area contributed by atoms with Gasteiger partial charge < -0.3 is 10.1 Å². The van der Waals surface area contributed by atoms with Crippen molar-refractivity contribution in [2.45, 2.75) is 33.1 Å². The van der Waals surface area contributed by atoms with E-state index >= 15 is 0 Å². The lowest BCUT2D eigenvalue weighted by molar-refractivity contribution is -0.123. The van der Waals surface area contributed by atoms with Crippen molar-refractivity contribution in [2.75, 3.05) is 13.7 Å². The number of rotatable bonds is 7. The van der Waals surface area contributed by atoms with Crippen molar-refractivity contribution in [3.05, 3.63) is 29.8 Å². The van der Waals surface area contributed by atoms with Gasteiger partial charge in [0.15, 0.2) is 0 Å². The van der Waals surface area contributed by atoms with Crippen molar-refractivity contribution in [2.24, 2.45) is 5.92 Å². The Hall–Kier alpha value is -1.51. The minimum absolute atomic E-state index is 0.0755. The van der Waals surface area contributed by atoms with Crippen molar-refractivity contribution in [3.63, 3.8) is 0 Å². The van der Waals surface area contributed by atoms with E-state index in [1.54, 1.807) is 7.11 Å². The van der Waals surface area contributed by atoms with E-state index in [1.165, 1.54) is 5.56 Å². The molecule has 0 saturated carbocycles. The molecule has 0 saturated heterocycles. The highest BCUT2D eigenvalue weighted by atomic mass is 16.5. The summed E-state index contributed by atoms with van der Waals surface area (Å²) in [5, 5.41) is 2.93. The van der Waals surface area contributed by atoms with Gasteiger partial charge in [-0.25, -0.2) is 0 Å². The van der Waals surface area contributed by atoms with E-state index in [4.69, 9.17) is 4.74 Å². The summed E-state index contributed by atoms with van der Waals surface area (Å²) in [6.07, 6.45) is 3.15. The van der Waals surface area contributed by atoms with Gasteiger partial charge >= 0.3 is 0 Å². The summed E-state index contributed by atoms with van der Waals surface area (Å²) in [7, 11) is 1.67. The van der Waals surface area contributed by atoms with Crippen LogP contribution in [0.25, 0.3) is 0 Å². The monoisotopic (exact) mass is 249 g/mol. The standard InChI is InChI=1S/C15H23NO2/c1-12(2)15(17)16-11-5-4-6-13-7-9-14(18-3)10-8-13/h7-10,12H,4-6,11H2,1-3H3,(H,16,17). The molecule has 3 nitrogen and oxygen atoms in total. The molecule has 18 heavy (non-hydrogen) atoms. The van der Waals surface area contributed by atoms with Crippen molar-refractivity contribution in [3.8, 4) is 5.75 Å². The topological polar surface area (TPSA) is 38.3 Å². The van der Waals surface area contributed by atoms with Crippen molar-refractivity contribution in [1.29, 1.82) is 0 Å². The Morgan fingerprint density at radius 3 is 2.44 bits per heavy atom. The molecule has 0 unspecified atom stereocenters. The third kappa shape index (κ3) is 5.21. The second-order valence-electron chi connectivity index (χ2n) is 4.75. The number of unbranched alkanes of at least 4 members (excludes halogenated alkanes) is 1. The molecular formula is C15H23NO2. The minimum Gasteiger partial charge on any atom is -0.497 e. The van der Waals surface area contributed by atoms with Gasteiger partial charge in [-0.05, 0) is 37.0 Å². The molecule has 0 fully saturated rings. The number of hydrogen-bond donors (Lipinski definition) is 1. The molecule has 0 aliphatic carbocycles. The first kappa shape index (κ1) is 14.6. The Kier molecular flexibility index (Phi) is 6.26. The summed E-state index contributed by atoms with van der Waals surface area (Å²) in [5.41, 5.74) is 1.31. The fourth-order valence-corrected chi connectivity index (χ4v) is 1.66. The summed E-state index contributed by atoms with van der Waals surface area (Å²) in [6, 6.07) is 8.14. The molecule has 0 spiro atoms. The largest absolute Gasteiger partial charge is 0.497 e. The molecule has 0 radical (unpaired) electrons. The van der Waals surface area contributed by atoms with Crippen molar-refractivity contribution in [1.82, 2.24) is 5.32 Å². The zero-order chi connectivity index (χ0) is 13.4. The summed E-state index contributed by atoms with van der Waals surface area (Å²) < 4.78 is 5.11. The first-order chi connectivity index (χ1) is 8.63. The van der Waals surface area contributed by atoms with Gasteiger partial charge in [0.05, 0.1) is 7.11 Å². The summed E-state index contributed by atoms with van der Waals surface area (Å²) in [4.78, 5) is 11.3.